The van der Waals surface area contributed by atoms with Gasteiger partial charge in [-0.05, 0) is 31.2 Å². The maximum atomic E-state index is 12.3. The lowest BCUT2D eigenvalue weighted by molar-refractivity contribution is -0.116. The molecule has 2 aromatic rings. The maximum absolute atomic E-state index is 12.3. The van der Waals surface area contributed by atoms with Gasteiger partial charge in [-0.25, -0.2) is 13.1 Å². The highest BCUT2D eigenvalue weighted by atomic mass is 35.5. The third kappa shape index (κ3) is 4.91. The van der Waals surface area contributed by atoms with E-state index in [1.54, 1.807) is 36.4 Å². The van der Waals surface area contributed by atoms with Gasteiger partial charge in [0.25, 0.3) is 0 Å². The lowest BCUT2D eigenvalue weighted by atomic mass is 10.1. The molecule has 26 heavy (non-hydrogen) atoms. The van der Waals surface area contributed by atoms with Gasteiger partial charge in [-0.2, -0.15) is 0 Å². The number of nitrogens with one attached hydrogen (secondary N) is 1. The van der Waals surface area contributed by atoms with Crippen molar-refractivity contribution < 1.29 is 18.0 Å². The van der Waals surface area contributed by atoms with E-state index in [-0.39, 0.29) is 34.7 Å². The molecule has 0 spiro atoms. The van der Waals surface area contributed by atoms with Crippen LogP contribution in [-0.4, -0.2) is 33.2 Å². The van der Waals surface area contributed by atoms with E-state index in [0.29, 0.717) is 11.3 Å². The molecule has 1 N–H and O–H groups in total. The smallest absolute Gasteiger partial charge is 0.242 e. The number of carbonyl (C=O) groups is 2. The molecule has 2 rings (SSSR count). The zero-order valence-electron chi connectivity index (χ0n) is 14.4. The van der Waals surface area contributed by atoms with Crippen LogP contribution in [0.1, 0.15) is 24.2 Å². The first-order valence-corrected chi connectivity index (χ1v) is 9.72. The largest absolute Gasteiger partial charge is 0.311 e. The minimum atomic E-state index is -3.79. The molecule has 0 radical (unpaired) electrons. The van der Waals surface area contributed by atoms with E-state index in [4.69, 9.17) is 11.6 Å². The van der Waals surface area contributed by atoms with E-state index < -0.39 is 10.0 Å². The van der Waals surface area contributed by atoms with Gasteiger partial charge in [0, 0.05) is 31.3 Å². The van der Waals surface area contributed by atoms with Crippen LogP contribution in [0.4, 0.5) is 5.69 Å². The second kappa shape index (κ2) is 8.44. The molecule has 0 heterocycles. The highest BCUT2D eigenvalue weighted by Gasteiger charge is 2.18. The maximum Gasteiger partial charge on any atom is 0.242 e. The molecule has 1 amide bonds. The predicted octanol–water partition coefficient (Wildman–Crippen LogP) is 2.87. The van der Waals surface area contributed by atoms with Crippen LogP contribution in [0.2, 0.25) is 5.02 Å². The number of amides is 1. The van der Waals surface area contributed by atoms with Crippen molar-refractivity contribution in [3.8, 4) is 0 Å². The minimum absolute atomic E-state index is 0.00254. The third-order valence-corrected chi connectivity index (χ3v) is 5.66. The van der Waals surface area contributed by atoms with Crippen LogP contribution in [0, 0.1) is 0 Å². The summed E-state index contributed by atoms with van der Waals surface area (Å²) in [6, 6.07) is 12.7. The molecule has 0 aliphatic carbocycles. The van der Waals surface area contributed by atoms with Crippen molar-refractivity contribution in [1.82, 2.24) is 4.72 Å². The Labute approximate surface area is 157 Å². The van der Waals surface area contributed by atoms with Crippen molar-refractivity contribution in [2.24, 2.45) is 0 Å². The quantitative estimate of drug-likeness (QED) is 0.732. The van der Waals surface area contributed by atoms with E-state index in [1.165, 1.54) is 30.9 Å². The van der Waals surface area contributed by atoms with Gasteiger partial charge in [0.2, 0.25) is 15.9 Å². The van der Waals surface area contributed by atoms with E-state index in [9.17, 15) is 18.0 Å². The number of halogens is 1. The molecule has 0 atom stereocenters. The standard InChI is InChI=1S/C18H19ClN2O4S/c1-13(22)15-6-5-7-16(12-15)21(14(2)23)11-10-20-26(24,25)18-9-4-3-8-17(18)19/h3-9,12,20H,10-11H2,1-2H3. The Morgan fingerprint density at radius 1 is 1.08 bits per heavy atom. The Bertz CT molecular complexity index is 928. The summed E-state index contributed by atoms with van der Waals surface area (Å²) in [6.45, 7) is 2.93. The average molecular weight is 395 g/mol. The highest BCUT2D eigenvalue weighted by molar-refractivity contribution is 7.89. The average Bonchev–Trinajstić information content (AvgIpc) is 2.58. The van der Waals surface area contributed by atoms with Gasteiger partial charge < -0.3 is 4.90 Å². The Hall–Kier alpha value is -2.22. The summed E-state index contributed by atoms with van der Waals surface area (Å²) in [7, 11) is -3.79. The van der Waals surface area contributed by atoms with Crippen molar-refractivity contribution in [3.63, 3.8) is 0 Å². The zero-order valence-corrected chi connectivity index (χ0v) is 16.0. The van der Waals surface area contributed by atoms with Gasteiger partial charge >= 0.3 is 0 Å². The summed E-state index contributed by atoms with van der Waals surface area (Å²) >= 11 is 5.93. The molecule has 0 aliphatic heterocycles. The molecule has 0 unspecified atom stereocenters. The fourth-order valence-corrected chi connectivity index (χ4v) is 3.93. The van der Waals surface area contributed by atoms with E-state index in [0.717, 1.165) is 0 Å². The Kier molecular flexibility index (Phi) is 6.52. The first-order valence-electron chi connectivity index (χ1n) is 7.85. The first-order chi connectivity index (χ1) is 12.2. The number of benzene rings is 2. The van der Waals surface area contributed by atoms with Crippen LogP contribution in [0.25, 0.3) is 0 Å². The molecule has 0 fully saturated rings. The van der Waals surface area contributed by atoms with Crippen molar-refractivity contribution >= 4 is 39.0 Å². The van der Waals surface area contributed by atoms with Gasteiger partial charge in [0.1, 0.15) is 4.90 Å². The topological polar surface area (TPSA) is 83.6 Å². The van der Waals surface area contributed by atoms with Crippen molar-refractivity contribution in [2.75, 3.05) is 18.0 Å². The normalized spacial score (nSPS) is 11.2. The number of hydrogen-bond acceptors (Lipinski definition) is 4. The monoisotopic (exact) mass is 394 g/mol. The van der Waals surface area contributed by atoms with Crippen LogP contribution in [0.15, 0.2) is 53.4 Å². The number of ketones is 1. The third-order valence-electron chi connectivity index (χ3n) is 3.70. The van der Waals surface area contributed by atoms with Crippen LogP contribution in [0.3, 0.4) is 0 Å². The Balaban J connectivity index is 2.13. The lowest BCUT2D eigenvalue weighted by Crippen LogP contribution is -2.37. The molecule has 0 aliphatic rings. The highest BCUT2D eigenvalue weighted by Crippen LogP contribution is 2.20. The number of rotatable bonds is 7. The number of anilines is 1. The summed E-state index contributed by atoms with van der Waals surface area (Å²) in [4.78, 5) is 24.9. The van der Waals surface area contributed by atoms with Gasteiger partial charge in [-0.15, -0.1) is 0 Å². The van der Waals surface area contributed by atoms with Crippen LogP contribution in [-0.2, 0) is 14.8 Å². The molecular formula is C18H19ClN2O4S. The van der Waals surface area contributed by atoms with Gasteiger partial charge in [-0.3, -0.25) is 9.59 Å². The SMILES string of the molecule is CC(=O)c1cccc(N(CCNS(=O)(=O)c2ccccc2Cl)C(C)=O)c1. The van der Waals surface area contributed by atoms with E-state index in [1.807, 2.05) is 0 Å². The molecule has 6 nitrogen and oxygen atoms in total. The van der Waals surface area contributed by atoms with E-state index in [2.05, 4.69) is 4.72 Å². The van der Waals surface area contributed by atoms with Gasteiger partial charge in [0.15, 0.2) is 5.78 Å². The molecule has 2 aromatic carbocycles. The fraction of sp³-hybridized carbons (Fsp3) is 0.222. The summed E-state index contributed by atoms with van der Waals surface area (Å²) in [5.41, 5.74) is 1.01. The van der Waals surface area contributed by atoms with E-state index >= 15 is 0 Å². The molecule has 0 bridgehead atoms. The Morgan fingerprint density at radius 2 is 1.77 bits per heavy atom. The lowest BCUT2D eigenvalue weighted by Gasteiger charge is -2.22. The molecule has 8 heteroatoms. The van der Waals surface area contributed by atoms with Crippen LogP contribution in [0.5, 0.6) is 0 Å². The molecule has 0 saturated carbocycles. The fourth-order valence-electron chi connectivity index (χ4n) is 2.39. The first kappa shape index (κ1) is 20.1. The summed E-state index contributed by atoms with van der Waals surface area (Å²) in [6.07, 6.45) is 0. The van der Waals surface area contributed by atoms with Crippen LogP contribution < -0.4 is 9.62 Å². The van der Waals surface area contributed by atoms with Crippen molar-refractivity contribution in [1.29, 1.82) is 0 Å². The van der Waals surface area contributed by atoms with Gasteiger partial charge in [-0.1, -0.05) is 35.9 Å². The number of Topliss-reactive ketones (excluding diaryl/α,β-unsaturated/α-hetero) is 1. The molecule has 138 valence electrons. The summed E-state index contributed by atoms with van der Waals surface area (Å²) in [5.74, 6) is -0.377. The number of sulfonamides is 1. The number of hydrogen-bond donors (Lipinski definition) is 1. The number of carbonyl (C=O) groups excluding carboxylic acids is 2. The molecule has 0 saturated heterocycles. The van der Waals surface area contributed by atoms with Crippen LogP contribution >= 0.6 is 11.6 Å². The number of nitrogens with zero attached hydrogens (tertiary/aromatic N) is 1. The summed E-state index contributed by atoms with van der Waals surface area (Å²) in [5, 5.41) is 0.123. The Morgan fingerprint density at radius 3 is 2.38 bits per heavy atom. The summed E-state index contributed by atoms with van der Waals surface area (Å²) < 4.78 is 27.1. The second-order valence-corrected chi connectivity index (χ2v) is 7.75. The van der Waals surface area contributed by atoms with Crippen molar-refractivity contribution in [2.45, 2.75) is 18.7 Å². The minimum Gasteiger partial charge on any atom is -0.311 e. The zero-order chi connectivity index (χ0) is 19.3. The molecule has 0 aromatic heterocycles. The molecular weight excluding hydrogens is 376 g/mol. The van der Waals surface area contributed by atoms with Crippen molar-refractivity contribution in [3.05, 3.63) is 59.1 Å². The van der Waals surface area contributed by atoms with Gasteiger partial charge in [0.05, 0.1) is 5.02 Å². The predicted molar refractivity (Wildman–Crippen MR) is 101 cm³/mol. The second-order valence-electron chi connectivity index (χ2n) is 5.61.